The van der Waals surface area contributed by atoms with Gasteiger partial charge in [-0.3, -0.25) is 34.3 Å². The first-order valence-corrected chi connectivity index (χ1v) is 9.16. The van der Waals surface area contributed by atoms with E-state index in [-0.39, 0.29) is 30.1 Å². The highest BCUT2D eigenvalue weighted by Gasteiger charge is 2.44. The Kier molecular flexibility index (Phi) is 4.61. The quantitative estimate of drug-likeness (QED) is 0.577. The van der Waals surface area contributed by atoms with Gasteiger partial charge in [-0.25, -0.2) is 0 Å². The van der Waals surface area contributed by atoms with Gasteiger partial charge < -0.3 is 4.74 Å². The van der Waals surface area contributed by atoms with Crippen molar-refractivity contribution in [2.45, 2.75) is 31.4 Å². The van der Waals surface area contributed by atoms with E-state index in [2.05, 4.69) is 16.1 Å². The zero-order valence-corrected chi connectivity index (χ0v) is 15.1. The van der Waals surface area contributed by atoms with Gasteiger partial charge in [-0.1, -0.05) is 0 Å². The molecule has 3 heterocycles. The zero-order chi connectivity index (χ0) is 19.8. The third-order valence-corrected chi connectivity index (χ3v) is 5.21. The lowest BCUT2D eigenvalue weighted by molar-refractivity contribution is -0.136. The van der Waals surface area contributed by atoms with Crippen LogP contribution in [0.5, 0.6) is 5.75 Å². The summed E-state index contributed by atoms with van der Waals surface area (Å²) in [6.07, 6.45) is 6.19. The molecule has 1 atom stereocenters. The predicted molar refractivity (Wildman–Crippen MR) is 97.4 cm³/mol. The Balaban J connectivity index is 1.45. The summed E-state index contributed by atoms with van der Waals surface area (Å²) in [6, 6.07) is 3.78. The fourth-order valence-electron chi connectivity index (χ4n) is 3.72. The molecule has 0 spiro atoms. The van der Waals surface area contributed by atoms with Crippen LogP contribution in [-0.2, 0) is 9.59 Å². The number of terminal acetylenes is 1. The minimum Gasteiger partial charge on any atom is -0.488 e. The van der Waals surface area contributed by atoms with E-state index in [1.165, 1.54) is 0 Å². The predicted octanol–water partition coefficient (Wildman–Crippen LogP) is 0.174. The van der Waals surface area contributed by atoms with Gasteiger partial charge >= 0.3 is 0 Å². The highest BCUT2D eigenvalue weighted by Crippen LogP contribution is 2.31. The van der Waals surface area contributed by atoms with Gasteiger partial charge in [-0.15, -0.1) is 12.3 Å². The molecule has 4 amide bonds. The van der Waals surface area contributed by atoms with Crippen LogP contribution in [0.4, 0.5) is 0 Å². The summed E-state index contributed by atoms with van der Waals surface area (Å²) in [6.45, 7) is 2.34. The number of ether oxygens (including phenoxy) is 1. The van der Waals surface area contributed by atoms with Crippen molar-refractivity contribution >= 4 is 23.6 Å². The Morgan fingerprint density at radius 2 is 1.89 bits per heavy atom. The summed E-state index contributed by atoms with van der Waals surface area (Å²) in [5.41, 5.74) is 0.460. The molecule has 1 N–H and O–H groups in total. The van der Waals surface area contributed by atoms with Gasteiger partial charge in [0.05, 0.1) is 11.1 Å². The van der Waals surface area contributed by atoms with E-state index < -0.39 is 29.7 Å². The lowest BCUT2D eigenvalue weighted by Crippen LogP contribution is -2.54. The largest absolute Gasteiger partial charge is 0.488 e. The van der Waals surface area contributed by atoms with E-state index in [0.717, 1.165) is 24.5 Å². The molecule has 3 aliphatic heterocycles. The standard InChI is InChI=1S/C20H19N3O5/c1-2-3-8-22-10-13(11-22)28-12-4-5-14-15(9-12)20(27)23(19(14)26)16-6-7-17(24)21-18(16)25/h1,4-5,9,13,16H,3,6-8,10-11H2,(H,21,24,25). The molecule has 4 rings (SSSR count). The van der Waals surface area contributed by atoms with E-state index in [1.54, 1.807) is 18.2 Å². The molecule has 2 saturated heterocycles. The van der Waals surface area contributed by atoms with E-state index in [9.17, 15) is 19.2 Å². The lowest BCUT2D eigenvalue weighted by Gasteiger charge is -2.38. The van der Waals surface area contributed by atoms with Crippen molar-refractivity contribution in [3.63, 3.8) is 0 Å². The van der Waals surface area contributed by atoms with Gasteiger partial charge in [-0.05, 0) is 24.6 Å². The molecule has 0 aliphatic carbocycles. The fraction of sp³-hybridized carbons (Fsp3) is 0.400. The van der Waals surface area contributed by atoms with E-state index in [4.69, 9.17) is 11.2 Å². The number of imide groups is 2. The number of carbonyl (C=O) groups excluding carboxylic acids is 4. The van der Waals surface area contributed by atoms with Crippen LogP contribution in [0.15, 0.2) is 18.2 Å². The Bertz CT molecular complexity index is 913. The molecular weight excluding hydrogens is 362 g/mol. The van der Waals surface area contributed by atoms with Gasteiger partial charge in [0, 0.05) is 32.5 Å². The van der Waals surface area contributed by atoms with Crippen LogP contribution in [0, 0.1) is 12.3 Å². The number of carbonyl (C=O) groups is 4. The molecule has 0 aromatic heterocycles. The van der Waals surface area contributed by atoms with E-state index >= 15 is 0 Å². The lowest BCUT2D eigenvalue weighted by atomic mass is 10.0. The first kappa shape index (κ1) is 18.2. The number of likely N-dealkylation sites (tertiary alicyclic amines) is 1. The van der Waals surface area contributed by atoms with Crippen LogP contribution < -0.4 is 10.1 Å². The number of nitrogens with zero attached hydrogens (tertiary/aromatic N) is 2. The molecule has 3 aliphatic rings. The van der Waals surface area contributed by atoms with Crippen LogP contribution in [0.25, 0.3) is 0 Å². The van der Waals surface area contributed by atoms with Crippen LogP contribution in [0.1, 0.15) is 40.0 Å². The normalized spacial score (nSPS) is 22.5. The smallest absolute Gasteiger partial charge is 0.262 e. The van der Waals surface area contributed by atoms with Gasteiger partial charge in [0.25, 0.3) is 11.8 Å². The fourth-order valence-corrected chi connectivity index (χ4v) is 3.72. The van der Waals surface area contributed by atoms with Crippen LogP contribution in [-0.4, -0.2) is 65.2 Å². The molecule has 8 heteroatoms. The molecule has 28 heavy (non-hydrogen) atoms. The van der Waals surface area contributed by atoms with Crippen molar-refractivity contribution in [3.05, 3.63) is 29.3 Å². The Morgan fingerprint density at radius 1 is 1.14 bits per heavy atom. The number of nitrogens with one attached hydrogen (secondary N) is 1. The minimum atomic E-state index is -0.967. The summed E-state index contributed by atoms with van der Waals surface area (Å²) >= 11 is 0. The molecule has 1 aromatic carbocycles. The first-order valence-electron chi connectivity index (χ1n) is 9.16. The molecule has 1 unspecified atom stereocenters. The Hall–Kier alpha value is -3.18. The molecule has 0 saturated carbocycles. The van der Waals surface area contributed by atoms with Crippen molar-refractivity contribution in [1.29, 1.82) is 0 Å². The van der Waals surface area contributed by atoms with Crippen LogP contribution >= 0.6 is 0 Å². The summed E-state index contributed by atoms with van der Waals surface area (Å²) in [7, 11) is 0. The number of amides is 4. The number of benzene rings is 1. The topological polar surface area (TPSA) is 96.0 Å². The average molecular weight is 381 g/mol. The third kappa shape index (κ3) is 3.14. The van der Waals surface area contributed by atoms with Crippen molar-refractivity contribution in [1.82, 2.24) is 15.1 Å². The number of hydrogen-bond acceptors (Lipinski definition) is 6. The van der Waals surface area contributed by atoms with Gasteiger partial charge in [0.1, 0.15) is 17.9 Å². The maximum absolute atomic E-state index is 12.8. The van der Waals surface area contributed by atoms with E-state index in [1.807, 2.05) is 0 Å². The molecule has 1 aromatic rings. The number of fused-ring (bicyclic) bond motifs is 1. The van der Waals surface area contributed by atoms with Crippen LogP contribution in [0.3, 0.4) is 0 Å². The number of rotatable bonds is 5. The van der Waals surface area contributed by atoms with Crippen molar-refractivity contribution in [3.8, 4) is 18.1 Å². The summed E-state index contributed by atoms with van der Waals surface area (Å²) in [5.74, 6) is 1.03. The van der Waals surface area contributed by atoms with Gasteiger partial charge in [-0.2, -0.15) is 0 Å². The maximum Gasteiger partial charge on any atom is 0.262 e. The van der Waals surface area contributed by atoms with Gasteiger partial charge in [0.15, 0.2) is 0 Å². The second-order valence-corrected chi connectivity index (χ2v) is 7.11. The maximum atomic E-state index is 12.8. The second-order valence-electron chi connectivity index (χ2n) is 7.11. The molecule has 0 radical (unpaired) electrons. The highest BCUT2D eigenvalue weighted by atomic mass is 16.5. The molecule has 2 fully saturated rings. The van der Waals surface area contributed by atoms with E-state index in [0.29, 0.717) is 12.2 Å². The van der Waals surface area contributed by atoms with Crippen LogP contribution in [0.2, 0.25) is 0 Å². The highest BCUT2D eigenvalue weighted by molar-refractivity contribution is 6.23. The van der Waals surface area contributed by atoms with Crippen molar-refractivity contribution in [2.24, 2.45) is 0 Å². The number of hydrogen-bond donors (Lipinski definition) is 1. The Morgan fingerprint density at radius 3 is 2.61 bits per heavy atom. The molecule has 144 valence electrons. The van der Waals surface area contributed by atoms with Crippen molar-refractivity contribution in [2.75, 3.05) is 19.6 Å². The summed E-state index contributed by atoms with van der Waals surface area (Å²) in [5, 5.41) is 2.18. The SMILES string of the molecule is C#CCCN1CC(Oc2ccc3c(c2)C(=O)N(C2CCC(=O)NC2=O)C3=O)C1. The minimum absolute atomic E-state index is 0.00858. The molecule has 8 nitrogen and oxygen atoms in total. The zero-order valence-electron chi connectivity index (χ0n) is 15.1. The number of piperidine rings is 1. The monoisotopic (exact) mass is 381 g/mol. The molecular formula is C20H19N3O5. The Labute approximate surface area is 161 Å². The summed E-state index contributed by atoms with van der Waals surface area (Å²) < 4.78 is 5.89. The van der Waals surface area contributed by atoms with Crippen molar-refractivity contribution < 1.29 is 23.9 Å². The first-order chi connectivity index (χ1) is 13.5. The van der Waals surface area contributed by atoms with Gasteiger partial charge in [0.2, 0.25) is 11.8 Å². The third-order valence-electron chi connectivity index (χ3n) is 5.21. The second kappa shape index (κ2) is 7.09. The molecule has 0 bridgehead atoms. The average Bonchev–Trinajstić information content (AvgIpc) is 2.88. The summed E-state index contributed by atoms with van der Waals surface area (Å²) in [4.78, 5) is 52.0.